The quantitative estimate of drug-likeness (QED) is 0.164. The maximum absolute atomic E-state index is 2.49. The molecule has 55 heavy (non-hydrogen) atoms. The number of para-hydroxylation sites is 1. The highest BCUT2D eigenvalue weighted by atomic mass is 32.1. The summed E-state index contributed by atoms with van der Waals surface area (Å²) in [6, 6.07) is 73.5. The van der Waals surface area contributed by atoms with Gasteiger partial charge in [-0.25, -0.2) is 0 Å². The first kappa shape index (κ1) is 32.0. The Balaban J connectivity index is 1.08. The second kappa shape index (κ2) is 13.1. The predicted molar refractivity (Wildman–Crippen MR) is 241 cm³/mol. The fourth-order valence-corrected chi connectivity index (χ4v) is 10.4. The van der Waals surface area contributed by atoms with Gasteiger partial charge < -0.3 is 4.90 Å². The van der Waals surface area contributed by atoms with E-state index in [1.807, 2.05) is 22.7 Å². The van der Waals surface area contributed by atoms with Gasteiger partial charge in [0.05, 0.1) is 11.4 Å². The second-order valence-electron chi connectivity index (χ2n) is 14.1. The van der Waals surface area contributed by atoms with E-state index >= 15 is 0 Å². The molecule has 11 aromatic rings. The second-order valence-corrected chi connectivity index (χ2v) is 16.3. The Bertz CT molecular complexity index is 3220. The summed E-state index contributed by atoms with van der Waals surface area (Å²) < 4.78 is 5.22. The summed E-state index contributed by atoms with van der Waals surface area (Å²) in [5, 5.41) is 7.70. The van der Waals surface area contributed by atoms with Crippen LogP contribution < -0.4 is 4.90 Å². The molecule has 258 valence electrons. The van der Waals surface area contributed by atoms with Gasteiger partial charge in [0.15, 0.2) is 0 Å². The van der Waals surface area contributed by atoms with Crippen molar-refractivity contribution in [1.29, 1.82) is 0 Å². The molecule has 0 saturated heterocycles. The number of anilines is 3. The predicted octanol–water partition coefficient (Wildman–Crippen LogP) is 16.0. The van der Waals surface area contributed by atoms with Crippen molar-refractivity contribution in [1.82, 2.24) is 0 Å². The van der Waals surface area contributed by atoms with E-state index in [1.54, 1.807) is 0 Å². The minimum absolute atomic E-state index is 1.12. The van der Waals surface area contributed by atoms with Crippen LogP contribution in [-0.4, -0.2) is 0 Å². The van der Waals surface area contributed by atoms with Crippen LogP contribution in [0, 0.1) is 0 Å². The molecule has 1 nitrogen and oxygen atoms in total. The van der Waals surface area contributed by atoms with Gasteiger partial charge in [-0.3, -0.25) is 0 Å². The van der Waals surface area contributed by atoms with Crippen molar-refractivity contribution >= 4 is 90.9 Å². The number of hydrogen-bond acceptors (Lipinski definition) is 3. The molecular formula is C52H33NS2. The molecule has 0 bridgehead atoms. The van der Waals surface area contributed by atoms with Crippen molar-refractivity contribution in [3.63, 3.8) is 0 Å². The number of nitrogens with zero attached hydrogens (tertiary/aromatic N) is 1. The summed E-state index contributed by atoms with van der Waals surface area (Å²) in [5.74, 6) is 0. The molecule has 0 aliphatic heterocycles. The first-order valence-corrected chi connectivity index (χ1v) is 20.3. The van der Waals surface area contributed by atoms with Gasteiger partial charge in [-0.1, -0.05) is 140 Å². The molecule has 0 amide bonds. The number of fused-ring (bicyclic) bond motifs is 7. The van der Waals surface area contributed by atoms with Gasteiger partial charge in [0.1, 0.15) is 0 Å². The van der Waals surface area contributed by atoms with Gasteiger partial charge in [-0.05, 0) is 99.3 Å². The summed E-state index contributed by atoms with van der Waals surface area (Å²) in [7, 11) is 0. The molecule has 0 radical (unpaired) electrons. The molecule has 0 unspecified atom stereocenters. The zero-order valence-corrected chi connectivity index (χ0v) is 31.4. The van der Waals surface area contributed by atoms with Gasteiger partial charge in [-0.15, -0.1) is 22.7 Å². The number of benzene rings is 9. The lowest BCUT2D eigenvalue weighted by Crippen LogP contribution is -2.11. The van der Waals surface area contributed by atoms with E-state index in [0.717, 1.165) is 11.4 Å². The van der Waals surface area contributed by atoms with Gasteiger partial charge in [-0.2, -0.15) is 0 Å². The van der Waals surface area contributed by atoms with Gasteiger partial charge in [0, 0.05) is 51.6 Å². The summed E-state index contributed by atoms with van der Waals surface area (Å²) in [6.45, 7) is 0. The average Bonchev–Trinajstić information content (AvgIpc) is 3.83. The minimum Gasteiger partial charge on any atom is -0.309 e. The highest BCUT2D eigenvalue weighted by molar-refractivity contribution is 7.26. The molecule has 2 heterocycles. The van der Waals surface area contributed by atoms with E-state index in [4.69, 9.17) is 0 Å². The van der Waals surface area contributed by atoms with Crippen LogP contribution in [0.25, 0.3) is 84.5 Å². The monoisotopic (exact) mass is 735 g/mol. The van der Waals surface area contributed by atoms with Crippen LogP contribution in [0.1, 0.15) is 0 Å². The molecule has 0 aliphatic rings. The largest absolute Gasteiger partial charge is 0.309 e. The molecule has 3 heteroatoms. The van der Waals surface area contributed by atoms with Crippen LogP contribution in [-0.2, 0) is 0 Å². The van der Waals surface area contributed by atoms with Crippen molar-refractivity contribution in [2.24, 2.45) is 0 Å². The third-order valence-corrected chi connectivity index (χ3v) is 13.1. The lowest BCUT2D eigenvalue weighted by molar-refractivity contribution is 1.30. The molecule has 9 aromatic carbocycles. The van der Waals surface area contributed by atoms with E-state index in [0.29, 0.717) is 0 Å². The van der Waals surface area contributed by atoms with Gasteiger partial charge in [0.25, 0.3) is 0 Å². The fraction of sp³-hybridized carbons (Fsp3) is 0. The molecule has 0 aliphatic carbocycles. The van der Waals surface area contributed by atoms with Crippen LogP contribution in [0.2, 0.25) is 0 Å². The smallest absolute Gasteiger partial charge is 0.0555 e. The van der Waals surface area contributed by atoms with Crippen molar-refractivity contribution in [2.45, 2.75) is 0 Å². The van der Waals surface area contributed by atoms with Crippen LogP contribution in [0.4, 0.5) is 17.1 Å². The standard InChI is InChI=1S/C52H33NS2/c1-2-12-37-31-39(28-27-34(37)11-1)36-25-23-35(24-26-36)38-13-9-14-41(32-38)53(47-19-10-22-51-52(47)44-17-5-8-21-49(44)55-51)46-18-6-3-15-42(46)40-29-30-50-45(33-40)43-16-4-7-20-48(43)54-50/h1-33H. The summed E-state index contributed by atoms with van der Waals surface area (Å²) in [4.78, 5) is 2.49. The molecule has 0 atom stereocenters. The topological polar surface area (TPSA) is 3.24 Å². The molecule has 0 fully saturated rings. The Morgan fingerprint density at radius 1 is 0.309 bits per heavy atom. The van der Waals surface area contributed by atoms with Crippen molar-refractivity contribution in [3.05, 3.63) is 200 Å². The Morgan fingerprint density at radius 2 is 0.891 bits per heavy atom. The van der Waals surface area contributed by atoms with E-state index < -0.39 is 0 Å². The molecule has 0 spiro atoms. The highest BCUT2D eigenvalue weighted by Gasteiger charge is 2.22. The Morgan fingerprint density at radius 3 is 1.75 bits per heavy atom. The first-order valence-electron chi connectivity index (χ1n) is 18.7. The number of rotatable bonds is 6. The van der Waals surface area contributed by atoms with E-state index in [2.05, 4.69) is 205 Å². The van der Waals surface area contributed by atoms with Crippen LogP contribution in [0.5, 0.6) is 0 Å². The maximum Gasteiger partial charge on any atom is 0.0555 e. The third kappa shape index (κ3) is 5.51. The molecule has 0 N–H and O–H groups in total. The number of thiophene rings is 2. The van der Waals surface area contributed by atoms with Crippen LogP contribution in [0.3, 0.4) is 0 Å². The lowest BCUT2D eigenvalue weighted by atomic mass is 9.97. The van der Waals surface area contributed by atoms with Crippen LogP contribution >= 0.6 is 22.7 Å². The Hall–Kier alpha value is -6.52. The third-order valence-electron chi connectivity index (χ3n) is 10.9. The van der Waals surface area contributed by atoms with Crippen molar-refractivity contribution in [3.8, 4) is 33.4 Å². The molecular weight excluding hydrogens is 703 g/mol. The van der Waals surface area contributed by atoms with Gasteiger partial charge in [0.2, 0.25) is 0 Å². The van der Waals surface area contributed by atoms with E-state index in [9.17, 15) is 0 Å². The zero-order chi connectivity index (χ0) is 36.3. The molecule has 11 rings (SSSR count). The van der Waals surface area contributed by atoms with Crippen molar-refractivity contribution in [2.75, 3.05) is 4.90 Å². The fourth-order valence-electron chi connectivity index (χ4n) is 8.21. The zero-order valence-electron chi connectivity index (χ0n) is 29.8. The molecule has 2 aromatic heterocycles. The normalized spacial score (nSPS) is 11.6. The molecule has 0 saturated carbocycles. The first-order chi connectivity index (χ1) is 27.2. The van der Waals surface area contributed by atoms with E-state index in [1.165, 1.54) is 90.2 Å². The minimum atomic E-state index is 1.12. The average molecular weight is 736 g/mol. The SMILES string of the molecule is c1cc(-c2ccc(-c3ccc4ccccc4c3)cc2)cc(N(c2ccccc2-c2ccc3sc4ccccc4c3c2)c2cccc3sc4ccccc4c23)c1. The van der Waals surface area contributed by atoms with E-state index in [-0.39, 0.29) is 0 Å². The lowest BCUT2D eigenvalue weighted by Gasteiger charge is -2.29. The Kier molecular flexibility index (Phi) is 7.61. The Labute approximate surface area is 327 Å². The summed E-state index contributed by atoms with van der Waals surface area (Å²) in [6.07, 6.45) is 0. The van der Waals surface area contributed by atoms with Gasteiger partial charge >= 0.3 is 0 Å². The highest BCUT2D eigenvalue weighted by Crippen LogP contribution is 2.48. The maximum atomic E-state index is 2.49. The summed E-state index contributed by atoms with van der Waals surface area (Å²) >= 11 is 3.73. The number of hydrogen-bond donors (Lipinski definition) is 0. The van der Waals surface area contributed by atoms with Crippen molar-refractivity contribution < 1.29 is 0 Å². The van der Waals surface area contributed by atoms with Crippen LogP contribution in [0.15, 0.2) is 200 Å². The summed E-state index contributed by atoms with van der Waals surface area (Å²) in [5.41, 5.74) is 10.7.